The molecule has 2 aromatic carbocycles. The van der Waals surface area contributed by atoms with Crippen LogP contribution in [-0.2, 0) is 14.8 Å². The van der Waals surface area contributed by atoms with Crippen molar-refractivity contribution in [2.24, 2.45) is 0 Å². The molecule has 0 saturated carbocycles. The molecule has 1 N–H and O–H groups in total. The van der Waals surface area contributed by atoms with E-state index in [0.717, 1.165) is 9.87 Å². The van der Waals surface area contributed by atoms with Crippen molar-refractivity contribution in [3.63, 3.8) is 0 Å². The number of carbonyl (C=O) groups excluding carboxylic acids is 1. The Morgan fingerprint density at radius 1 is 1.07 bits per heavy atom. The van der Waals surface area contributed by atoms with Gasteiger partial charge in [0, 0.05) is 11.2 Å². The fraction of sp³-hybridized carbons (Fsp3) is 0.143. The Balaban J connectivity index is 2.01. The van der Waals surface area contributed by atoms with E-state index in [0.29, 0.717) is 22.0 Å². The van der Waals surface area contributed by atoms with Crippen LogP contribution in [0.4, 0.5) is 11.4 Å². The van der Waals surface area contributed by atoms with Crippen molar-refractivity contribution in [3.8, 4) is 0 Å². The van der Waals surface area contributed by atoms with Crippen molar-refractivity contribution in [1.29, 1.82) is 0 Å². The van der Waals surface area contributed by atoms with Gasteiger partial charge in [0.1, 0.15) is 6.54 Å². The first-order chi connectivity index (χ1) is 13.8. The number of hydrogen-bond acceptors (Lipinski definition) is 4. The van der Waals surface area contributed by atoms with Crippen molar-refractivity contribution in [2.45, 2.75) is 18.7 Å². The highest BCUT2D eigenvalue weighted by Gasteiger charge is 2.28. The average Bonchev–Trinajstić information content (AvgIpc) is 2.69. The molecule has 0 atom stereocenters. The van der Waals surface area contributed by atoms with Crippen LogP contribution in [0.25, 0.3) is 0 Å². The second-order valence-electron chi connectivity index (χ2n) is 6.50. The van der Waals surface area contributed by atoms with Crippen LogP contribution in [0.5, 0.6) is 0 Å². The Kier molecular flexibility index (Phi) is 6.20. The first kappa shape index (κ1) is 20.8. The Labute approximate surface area is 175 Å². The maximum atomic E-state index is 13.4. The van der Waals surface area contributed by atoms with Crippen LogP contribution in [0.15, 0.2) is 71.9 Å². The fourth-order valence-corrected chi connectivity index (χ4v) is 4.42. The minimum atomic E-state index is -4.00. The summed E-state index contributed by atoms with van der Waals surface area (Å²) in [6.07, 6.45) is 3.07. The van der Waals surface area contributed by atoms with Gasteiger partial charge in [-0.3, -0.25) is 14.1 Å². The minimum absolute atomic E-state index is 0.0941. The van der Waals surface area contributed by atoms with E-state index in [2.05, 4.69) is 10.3 Å². The van der Waals surface area contributed by atoms with Crippen molar-refractivity contribution >= 4 is 38.9 Å². The van der Waals surface area contributed by atoms with Gasteiger partial charge < -0.3 is 5.32 Å². The number of nitrogens with one attached hydrogen (secondary N) is 1. The molecule has 0 aliphatic rings. The highest BCUT2D eigenvalue weighted by atomic mass is 35.5. The molecule has 0 bridgehead atoms. The van der Waals surface area contributed by atoms with E-state index in [9.17, 15) is 13.2 Å². The number of nitrogens with zero attached hydrogens (tertiary/aromatic N) is 2. The molecule has 0 radical (unpaired) electrons. The molecule has 0 aliphatic heterocycles. The second kappa shape index (κ2) is 8.63. The Morgan fingerprint density at radius 2 is 1.79 bits per heavy atom. The third-order valence-electron chi connectivity index (χ3n) is 4.35. The van der Waals surface area contributed by atoms with Gasteiger partial charge in [-0.25, -0.2) is 8.42 Å². The predicted molar refractivity (Wildman–Crippen MR) is 115 cm³/mol. The average molecular weight is 430 g/mol. The third-order valence-corrected chi connectivity index (χ3v) is 6.53. The van der Waals surface area contributed by atoms with Gasteiger partial charge in [0.25, 0.3) is 10.0 Å². The number of halogens is 1. The zero-order valence-corrected chi connectivity index (χ0v) is 17.5. The summed E-state index contributed by atoms with van der Waals surface area (Å²) in [5.74, 6) is -0.493. The molecule has 8 heteroatoms. The van der Waals surface area contributed by atoms with Crippen LogP contribution < -0.4 is 9.62 Å². The van der Waals surface area contributed by atoms with Crippen LogP contribution in [0.1, 0.15) is 11.1 Å². The number of carbonyl (C=O) groups is 1. The minimum Gasteiger partial charge on any atom is -0.323 e. The van der Waals surface area contributed by atoms with E-state index in [1.807, 2.05) is 6.92 Å². The molecule has 0 spiro atoms. The van der Waals surface area contributed by atoms with Crippen molar-refractivity contribution in [1.82, 2.24) is 4.98 Å². The maximum Gasteiger partial charge on any atom is 0.264 e. The van der Waals surface area contributed by atoms with E-state index in [1.54, 1.807) is 55.6 Å². The lowest BCUT2D eigenvalue weighted by atomic mass is 10.2. The van der Waals surface area contributed by atoms with Gasteiger partial charge in [-0.15, -0.1) is 0 Å². The lowest BCUT2D eigenvalue weighted by Gasteiger charge is -2.26. The Bertz CT molecular complexity index is 1120. The molecule has 0 unspecified atom stereocenters. The van der Waals surface area contributed by atoms with Crippen molar-refractivity contribution in [3.05, 3.63) is 83.1 Å². The fourth-order valence-electron chi connectivity index (χ4n) is 2.77. The van der Waals surface area contributed by atoms with Crippen LogP contribution in [0, 0.1) is 13.8 Å². The lowest BCUT2D eigenvalue weighted by molar-refractivity contribution is -0.114. The topological polar surface area (TPSA) is 79.4 Å². The van der Waals surface area contributed by atoms with Crippen LogP contribution in [0.3, 0.4) is 0 Å². The van der Waals surface area contributed by atoms with Gasteiger partial charge in [-0.2, -0.15) is 0 Å². The second-order valence-corrected chi connectivity index (χ2v) is 8.77. The normalized spacial score (nSPS) is 11.1. The number of pyridine rings is 1. The van der Waals surface area contributed by atoms with Crippen LogP contribution >= 0.6 is 11.6 Å². The SMILES string of the molecule is Cc1ccc(S(=O)(=O)N(CC(=O)Nc2cccnc2)c2cccc(Cl)c2C)cc1. The third kappa shape index (κ3) is 4.75. The number of aryl methyl sites for hydroxylation is 1. The smallest absolute Gasteiger partial charge is 0.264 e. The van der Waals surface area contributed by atoms with E-state index in [1.165, 1.54) is 18.3 Å². The Morgan fingerprint density at radius 3 is 2.45 bits per heavy atom. The molecule has 150 valence electrons. The summed E-state index contributed by atoms with van der Waals surface area (Å²) in [6.45, 7) is 3.18. The summed E-state index contributed by atoms with van der Waals surface area (Å²) in [5, 5.41) is 3.08. The summed E-state index contributed by atoms with van der Waals surface area (Å²) in [4.78, 5) is 16.7. The number of rotatable bonds is 6. The number of amides is 1. The van der Waals surface area contributed by atoms with E-state index >= 15 is 0 Å². The predicted octanol–water partition coefficient (Wildman–Crippen LogP) is 4.19. The molecular formula is C21H20ClN3O3S. The quantitative estimate of drug-likeness (QED) is 0.637. The highest BCUT2D eigenvalue weighted by molar-refractivity contribution is 7.92. The number of hydrogen-bond donors (Lipinski definition) is 1. The summed E-state index contributed by atoms with van der Waals surface area (Å²) in [6, 6.07) is 14.8. The number of aromatic nitrogens is 1. The van der Waals surface area contributed by atoms with Crippen LogP contribution in [-0.4, -0.2) is 25.9 Å². The summed E-state index contributed by atoms with van der Waals surface area (Å²) < 4.78 is 27.8. The number of anilines is 2. The summed E-state index contributed by atoms with van der Waals surface area (Å²) >= 11 is 6.21. The maximum absolute atomic E-state index is 13.4. The van der Waals surface area contributed by atoms with Gasteiger partial charge in [0.15, 0.2) is 0 Å². The van der Waals surface area contributed by atoms with E-state index in [4.69, 9.17) is 11.6 Å². The zero-order chi connectivity index (χ0) is 21.0. The van der Waals surface area contributed by atoms with Crippen molar-refractivity contribution in [2.75, 3.05) is 16.2 Å². The van der Waals surface area contributed by atoms with Gasteiger partial charge in [0.2, 0.25) is 5.91 Å². The van der Waals surface area contributed by atoms with E-state index in [-0.39, 0.29) is 4.90 Å². The van der Waals surface area contributed by atoms with Crippen molar-refractivity contribution < 1.29 is 13.2 Å². The molecule has 3 rings (SSSR count). The van der Waals surface area contributed by atoms with Gasteiger partial charge in [-0.05, 0) is 55.8 Å². The highest BCUT2D eigenvalue weighted by Crippen LogP contribution is 2.31. The van der Waals surface area contributed by atoms with Gasteiger partial charge in [0.05, 0.1) is 22.5 Å². The van der Waals surface area contributed by atoms with E-state index < -0.39 is 22.5 Å². The van der Waals surface area contributed by atoms with Gasteiger partial charge >= 0.3 is 0 Å². The molecular weight excluding hydrogens is 410 g/mol. The van der Waals surface area contributed by atoms with Gasteiger partial charge in [-0.1, -0.05) is 35.4 Å². The number of benzene rings is 2. The molecule has 0 aliphatic carbocycles. The molecule has 1 heterocycles. The largest absolute Gasteiger partial charge is 0.323 e. The molecule has 1 amide bonds. The molecule has 6 nitrogen and oxygen atoms in total. The lowest BCUT2D eigenvalue weighted by Crippen LogP contribution is -2.38. The first-order valence-electron chi connectivity index (χ1n) is 8.83. The standard InChI is InChI=1S/C21H20ClN3O3S/c1-15-8-10-18(11-9-15)29(27,28)25(20-7-3-6-19(22)16(20)2)14-21(26)24-17-5-4-12-23-13-17/h3-13H,14H2,1-2H3,(H,24,26). The Hall–Kier alpha value is -2.90. The first-order valence-corrected chi connectivity index (χ1v) is 10.7. The van der Waals surface area contributed by atoms with Crippen LogP contribution in [0.2, 0.25) is 5.02 Å². The molecule has 3 aromatic rings. The molecule has 0 fully saturated rings. The summed E-state index contributed by atoms with van der Waals surface area (Å²) in [7, 11) is -4.00. The molecule has 1 aromatic heterocycles. The molecule has 0 saturated heterocycles. The molecule has 29 heavy (non-hydrogen) atoms. The number of sulfonamides is 1. The summed E-state index contributed by atoms with van der Waals surface area (Å²) in [5.41, 5.74) is 2.33. The zero-order valence-electron chi connectivity index (χ0n) is 16.0. The monoisotopic (exact) mass is 429 g/mol.